The van der Waals surface area contributed by atoms with E-state index in [0.29, 0.717) is 16.9 Å². The minimum Gasteiger partial charge on any atom is -0.477 e. The minimum absolute atomic E-state index is 0.134. The summed E-state index contributed by atoms with van der Waals surface area (Å²) in [6.07, 6.45) is 0.0305. The predicted octanol–water partition coefficient (Wildman–Crippen LogP) is 1.21. The maximum atomic E-state index is 12.4. The first kappa shape index (κ1) is 18.5. The van der Waals surface area contributed by atoms with Gasteiger partial charge in [-0.05, 0) is 17.2 Å². The molecule has 1 aromatic rings. The first-order valence-corrected chi connectivity index (χ1v) is 9.15. The fourth-order valence-corrected chi connectivity index (χ4v) is 4.34. The predicted molar refractivity (Wildman–Crippen MR) is 96.1 cm³/mol. The van der Waals surface area contributed by atoms with Crippen LogP contribution in [0, 0.1) is 0 Å². The SMILES string of the molecule is O=C(O)C1=C(/C=C/Cl)CS[C@@H]2C(NC(=O)[C@H](O)c3ccccc3)C(=O)N12. The molecule has 1 saturated heterocycles. The lowest BCUT2D eigenvalue weighted by Crippen LogP contribution is -2.70. The largest absolute Gasteiger partial charge is 0.477 e. The Bertz CT molecular complexity index is 811. The van der Waals surface area contributed by atoms with Gasteiger partial charge in [0.05, 0.1) is 0 Å². The average Bonchev–Trinajstić information content (AvgIpc) is 2.65. The number of aliphatic hydroxyl groups is 1. The van der Waals surface area contributed by atoms with E-state index >= 15 is 0 Å². The van der Waals surface area contributed by atoms with Crippen LogP contribution in [0.5, 0.6) is 0 Å². The number of carboxylic acid groups (broad SMARTS) is 1. The molecule has 0 aromatic heterocycles. The smallest absolute Gasteiger partial charge is 0.352 e. The number of fused-ring (bicyclic) bond motifs is 1. The Balaban J connectivity index is 1.75. The van der Waals surface area contributed by atoms with E-state index in [0.717, 1.165) is 4.90 Å². The molecule has 1 aromatic carbocycles. The van der Waals surface area contributed by atoms with Crippen molar-refractivity contribution < 1.29 is 24.6 Å². The molecular formula is C17H15ClN2O5S. The molecule has 2 aliphatic heterocycles. The number of thioether (sulfide) groups is 1. The molecule has 1 unspecified atom stereocenters. The number of hydrogen-bond donors (Lipinski definition) is 3. The van der Waals surface area contributed by atoms with Crippen molar-refractivity contribution in [2.45, 2.75) is 17.5 Å². The quantitative estimate of drug-likeness (QED) is 0.648. The molecule has 2 aliphatic rings. The molecule has 136 valence electrons. The van der Waals surface area contributed by atoms with Gasteiger partial charge in [-0.3, -0.25) is 14.5 Å². The van der Waals surface area contributed by atoms with E-state index in [1.807, 2.05) is 0 Å². The van der Waals surface area contributed by atoms with Crippen molar-refractivity contribution in [2.24, 2.45) is 0 Å². The Labute approximate surface area is 158 Å². The number of aliphatic carboxylic acids is 1. The summed E-state index contributed by atoms with van der Waals surface area (Å²) in [6.45, 7) is 0. The monoisotopic (exact) mass is 394 g/mol. The molecule has 3 rings (SSSR count). The molecule has 0 saturated carbocycles. The normalized spacial score (nSPS) is 23.5. The number of nitrogens with one attached hydrogen (secondary N) is 1. The molecular weight excluding hydrogens is 380 g/mol. The molecule has 0 aliphatic carbocycles. The molecule has 0 bridgehead atoms. The number of aliphatic hydroxyl groups excluding tert-OH is 1. The van der Waals surface area contributed by atoms with Crippen LogP contribution >= 0.6 is 23.4 Å². The zero-order valence-electron chi connectivity index (χ0n) is 13.3. The Hall–Kier alpha value is -2.29. The third-order valence-corrected chi connectivity index (χ3v) is 5.55. The van der Waals surface area contributed by atoms with Gasteiger partial charge in [0, 0.05) is 11.3 Å². The van der Waals surface area contributed by atoms with E-state index < -0.39 is 35.3 Å². The summed E-state index contributed by atoms with van der Waals surface area (Å²) >= 11 is 6.85. The molecule has 26 heavy (non-hydrogen) atoms. The second kappa shape index (κ2) is 7.53. The number of carbonyl (C=O) groups excluding carboxylic acids is 2. The van der Waals surface area contributed by atoms with Crippen molar-refractivity contribution in [3.05, 3.63) is 58.8 Å². The molecule has 0 spiro atoms. The van der Waals surface area contributed by atoms with E-state index in [1.165, 1.54) is 23.4 Å². The maximum absolute atomic E-state index is 12.4. The second-order valence-electron chi connectivity index (χ2n) is 5.68. The summed E-state index contributed by atoms with van der Waals surface area (Å²) in [7, 11) is 0. The number of rotatable bonds is 5. The molecule has 3 atom stereocenters. The number of β-lactam (4-membered cyclic amide) rings is 1. The Morgan fingerprint density at radius 1 is 1.35 bits per heavy atom. The fraction of sp³-hybridized carbons (Fsp3) is 0.235. The standard InChI is InChI=1S/C17H15ClN2O5S/c18-7-6-10-8-26-16-11(15(23)20(16)12(10)17(24)25)19-14(22)13(21)9-4-2-1-3-5-9/h1-7,11,13,16,21H,8H2,(H,19,22)(H,24,25)/b7-6+/t11?,13-,16-/m1/s1. The summed E-state index contributed by atoms with van der Waals surface area (Å²) in [5.41, 5.74) is 1.89. The van der Waals surface area contributed by atoms with Crippen LogP contribution in [0.3, 0.4) is 0 Å². The van der Waals surface area contributed by atoms with Crippen molar-refractivity contribution in [3.63, 3.8) is 0 Å². The highest BCUT2D eigenvalue weighted by Crippen LogP contribution is 2.40. The van der Waals surface area contributed by atoms with Crippen molar-refractivity contribution >= 4 is 41.1 Å². The van der Waals surface area contributed by atoms with Crippen LogP contribution in [0.4, 0.5) is 0 Å². The van der Waals surface area contributed by atoms with Crippen molar-refractivity contribution in [3.8, 4) is 0 Å². The van der Waals surface area contributed by atoms with Gasteiger partial charge in [-0.1, -0.05) is 41.9 Å². The minimum atomic E-state index is -1.41. The number of halogens is 1. The van der Waals surface area contributed by atoms with Gasteiger partial charge >= 0.3 is 5.97 Å². The molecule has 3 N–H and O–H groups in total. The average molecular weight is 395 g/mol. The first-order chi connectivity index (χ1) is 12.5. The van der Waals surface area contributed by atoms with E-state index in [2.05, 4.69) is 5.32 Å². The lowest BCUT2D eigenvalue weighted by molar-refractivity contribution is -0.151. The summed E-state index contributed by atoms with van der Waals surface area (Å²) in [5, 5.41) is 21.5. The van der Waals surface area contributed by atoms with Gasteiger partial charge in [-0.25, -0.2) is 4.79 Å². The van der Waals surface area contributed by atoms with Crippen LogP contribution in [-0.2, 0) is 14.4 Å². The topological polar surface area (TPSA) is 107 Å². The first-order valence-electron chi connectivity index (χ1n) is 7.67. The fourth-order valence-electron chi connectivity index (χ4n) is 2.87. The van der Waals surface area contributed by atoms with Gasteiger partial charge in [-0.15, -0.1) is 11.8 Å². The number of hydrogen-bond acceptors (Lipinski definition) is 5. The number of carbonyl (C=O) groups is 3. The van der Waals surface area contributed by atoms with Crippen molar-refractivity contribution in [2.75, 3.05) is 5.75 Å². The van der Waals surface area contributed by atoms with Crippen LogP contribution in [0.15, 0.2) is 53.2 Å². The number of amides is 2. The lowest BCUT2D eigenvalue weighted by Gasteiger charge is -2.49. The molecule has 7 nitrogen and oxygen atoms in total. The summed E-state index contributed by atoms with van der Waals surface area (Å²) in [6, 6.07) is 7.45. The lowest BCUT2D eigenvalue weighted by atomic mass is 10.0. The zero-order chi connectivity index (χ0) is 18.8. The van der Waals surface area contributed by atoms with Crippen LogP contribution in [0.1, 0.15) is 11.7 Å². The number of carboxylic acids is 1. The molecule has 2 heterocycles. The highest BCUT2D eigenvalue weighted by atomic mass is 35.5. The molecule has 9 heteroatoms. The van der Waals surface area contributed by atoms with Gasteiger partial charge in [0.25, 0.3) is 11.8 Å². The van der Waals surface area contributed by atoms with Crippen LogP contribution < -0.4 is 5.32 Å². The number of nitrogens with zero attached hydrogens (tertiary/aromatic N) is 1. The van der Waals surface area contributed by atoms with E-state index in [4.69, 9.17) is 11.6 Å². The Kier molecular flexibility index (Phi) is 5.36. The second-order valence-corrected chi connectivity index (χ2v) is 7.04. The van der Waals surface area contributed by atoms with Gasteiger partial charge in [0.1, 0.15) is 17.1 Å². The third kappa shape index (κ3) is 3.23. The zero-order valence-corrected chi connectivity index (χ0v) is 14.9. The van der Waals surface area contributed by atoms with Gasteiger partial charge in [0.15, 0.2) is 6.10 Å². The van der Waals surface area contributed by atoms with E-state index in [1.54, 1.807) is 30.3 Å². The van der Waals surface area contributed by atoms with E-state index in [9.17, 15) is 24.6 Å². The van der Waals surface area contributed by atoms with Crippen LogP contribution in [-0.4, -0.2) is 50.1 Å². The van der Waals surface area contributed by atoms with Crippen LogP contribution in [0.2, 0.25) is 0 Å². The van der Waals surface area contributed by atoms with Gasteiger partial charge in [-0.2, -0.15) is 0 Å². The van der Waals surface area contributed by atoms with Crippen molar-refractivity contribution in [1.82, 2.24) is 10.2 Å². The van der Waals surface area contributed by atoms with Gasteiger partial charge in [0.2, 0.25) is 0 Å². The molecule has 2 amide bonds. The number of benzene rings is 1. The summed E-state index contributed by atoms with van der Waals surface area (Å²) in [5.74, 6) is -2.13. The maximum Gasteiger partial charge on any atom is 0.352 e. The highest BCUT2D eigenvalue weighted by molar-refractivity contribution is 8.00. The summed E-state index contributed by atoms with van der Waals surface area (Å²) < 4.78 is 0. The van der Waals surface area contributed by atoms with E-state index in [-0.39, 0.29) is 5.70 Å². The Morgan fingerprint density at radius 3 is 2.65 bits per heavy atom. The van der Waals surface area contributed by atoms with Crippen molar-refractivity contribution in [1.29, 1.82) is 0 Å². The Morgan fingerprint density at radius 2 is 2.04 bits per heavy atom. The van der Waals surface area contributed by atoms with Gasteiger partial charge < -0.3 is 15.5 Å². The molecule has 0 radical (unpaired) electrons. The molecule has 1 fully saturated rings. The number of allylic oxidation sites excluding steroid dienone is 1. The highest BCUT2D eigenvalue weighted by Gasteiger charge is 2.54. The third-order valence-electron chi connectivity index (χ3n) is 4.13. The summed E-state index contributed by atoms with van der Waals surface area (Å²) in [4.78, 5) is 37.3. The van der Waals surface area contributed by atoms with Crippen LogP contribution in [0.25, 0.3) is 0 Å².